The van der Waals surface area contributed by atoms with E-state index in [9.17, 15) is 4.79 Å². The molecular formula is C24H21NO. The fourth-order valence-corrected chi connectivity index (χ4v) is 3.63. The molecule has 0 spiro atoms. The SMILES string of the molecule is Cc1c(C(=O)c2ccccc2)c2ccccc2n1CCc1ccccc1. The molecule has 0 radical (unpaired) electrons. The third-order valence-electron chi connectivity index (χ3n) is 4.96. The third-order valence-corrected chi connectivity index (χ3v) is 4.96. The van der Waals surface area contributed by atoms with Gasteiger partial charge in [-0.15, -0.1) is 0 Å². The van der Waals surface area contributed by atoms with Crippen molar-refractivity contribution in [2.75, 3.05) is 0 Å². The minimum atomic E-state index is 0.0951. The summed E-state index contributed by atoms with van der Waals surface area (Å²) in [5.41, 5.74) is 5.03. The second kappa shape index (κ2) is 7.01. The van der Waals surface area contributed by atoms with E-state index in [0.29, 0.717) is 0 Å². The fourth-order valence-electron chi connectivity index (χ4n) is 3.63. The maximum Gasteiger partial charge on any atom is 0.195 e. The van der Waals surface area contributed by atoms with Crippen LogP contribution in [0.2, 0.25) is 0 Å². The molecule has 0 bridgehead atoms. The van der Waals surface area contributed by atoms with Gasteiger partial charge < -0.3 is 4.57 Å². The molecule has 3 aromatic carbocycles. The fraction of sp³-hybridized carbons (Fsp3) is 0.125. The number of rotatable bonds is 5. The summed E-state index contributed by atoms with van der Waals surface area (Å²) >= 11 is 0. The number of ketones is 1. The van der Waals surface area contributed by atoms with E-state index >= 15 is 0 Å². The number of aryl methyl sites for hydroxylation is 2. The predicted molar refractivity (Wildman–Crippen MR) is 107 cm³/mol. The molecule has 0 atom stereocenters. The molecule has 1 aromatic heterocycles. The van der Waals surface area contributed by atoms with Crippen molar-refractivity contribution >= 4 is 16.7 Å². The average Bonchev–Trinajstić information content (AvgIpc) is 2.98. The monoisotopic (exact) mass is 339 g/mol. The Morgan fingerprint density at radius 1 is 0.808 bits per heavy atom. The molecule has 0 aliphatic heterocycles. The zero-order valence-corrected chi connectivity index (χ0v) is 14.9. The van der Waals surface area contributed by atoms with Gasteiger partial charge in [-0.3, -0.25) is 4.79 Å². The molecule has 0 saturated carbocycles. The van der Waals surface area contributed by atoms with Crippen molar-refractivity contribution in [3.8, 4) is 0 Å². The summed E-state index contributed by atoms with van der Waals surface area (Å²) in [7, 11) is 0. The summed E-state index contributed by atoms with van der Waals surface area (Å²) in [5, 5.41) is 1.03. The Morgan fingerprint density at radius 3 is 2.15 bits per heavy atom. The van der Waals surface area contributed by atoms with Crippen LogP contribution in [0.1, 0.15) is 27.2 Å². The number of carbonyl (C=O) groups excluding carboxylic acids is 1. The van der Waals surface area contributed by atoms with Gasteiger partial charge in [-0.1, -0.05) is 78.9 Å². The van der Waals surface area contributed by atoms with E-state index in [1.165, 1.54) is 5.56 Å². The molecule has 0 aliphatic carbocycles. The Kier molecular flexibility index (Phi) is 4.40. The maximum atomic E-state index is 13.2. The van der Waals surface area contributed by atoms with E-state index in [0.717, 1.165) is 40.7 Å². The van der Waals surface area contributed by atoms with Crippen molar-refractivity contribution in [1.29, 1.82) is 0 Å². The number of hydrogen-bond acceptors (Lipinski definition) is 1. The second-order valence-electron chi connectivity index (χ2n) is 6.56. The van der Waals surface area contributed by atoms with Gasteiger partial charge in [0.2, 0.25) is 0 Å². The lowest BCUT2D eigenvalue weighted by Gasteiger charge is -2.09. The van der Waals surface area contributed by atoms with E-state index in [2.05, 4.69) is 47.9 Å². The van der Waals surface area contributed by atoms with Crippen molar-refractivity contribution in [1.82, 2.24) is 4.57 Å². The van der Waals surface area contributed by atoms with Crippen LogP contribution >= 0.6 is 0 Å². The van der Waals surface area contributed by atoms with Crippen LogP contribution in [-0.2, 0) is 13.0 Å². The first kappa shape index (κ1) is 16.3. The molecule has 0 fully saturated rings. The van der Waals surface area contributed by atoms with Crippen molar-refractivity contribution in [2.45, 2.75) is 19.9 Å². The lowest BCUT2D eigenvalue weighted by Crippen LogP contribution is -2.07. The lowest BCUT2D eigenvalue weighted by atomic mass is 10.0. The molecule has 0 amide bonds. The molecule has 0 aliphatic rings. The van der Waals surface area contributed by atoms with E-state index in [1.807, 2.05) is 48.5 Å². The van der Waals surface area contributed by atoms with Crippen LogP contribution in [0.4, 0.5) is 0 Å². The van der Waals surface area contributed by atoms with Gasteiger partial charge in [-0.05, 0) is 25.0 Å². The summed E-state index contributed by atoms with van der Waals surface area (Å²) in [5.74, 6) is 0.0951. The van der Waals surface area contributed by atoms with E-state index in [4.69, 9.17) is 0 Å². The largest absolute Gasteiger partial charge is 0.344 e. The molecule has 0 saturated heterocycles. The quantitative estimate of drug-likeness (QED) is 0.445. The van der Waals surface area contributed by atoms with E-state index in [1.54, 1.807) is 0 Å². The highest BCUT2D eigenvalue weighted by Gasteiger charge is 2.20. The number of carbonyl (C=O) groups is 1. The second-order valence-corrected chi connectivity index (χ2v) is 6.56. The van der Waals surface area contributed by atoms with Gasteiger partial charge in [-0.2, -0.15) is 0 Å². The van der Waals surface area contributed by atoms with Gasteiger partial charge >= 0.3 is 0 Å². The highest BCUT2D eigenvalue weighted by atomic mass is 16.1. The van der Waals surface area contributed by atoms with Gasteiger partial charge in [0.25, 0.3) is 0 Å². The molecule has 1 heterocycles. The van der Waals surface area contributed by atoms with Crippen molar-refractivity contribution in [3.05, 3.63) is 107 Å². The minimum absolute atomic E-state index is 0.0951. The van der Waals surface area contributed by atoms with Crippen LogP contribution < -0.4 is 0 Å². The third kappa shape index (κ3) is 2.95. The Balaban J connectivity index is 1.77. The lowest BCUT2D eigenvalue weighted by molar-refractivity contribution is 0.103. The molecule has 26 heavy (non-hydrogen) atoms. The number of hydrogen-bond donors (Lipinski definition) is 0. The normalized spacial score (nSPS) is 11.0. The van der Waals surface area contributed by atoms with Crippen molar-refractivity contribution < 1.29 is 4.79 Å². The summed E-state index contributed by atoms with van der Waals surface area (Å²) in [6.45, 7) is 2.92. The standard InChI is InChI=1S/C24H21NO/c1-18-23(24(26)20-12-6-3-7-13-20)21-14-8-9-15-22(21)25(18)17-16-19-10-4-2-5-11-19/h2-15H,16-17H2,1H3. The van der Waals surface area contributed by atoms with Crippen molar-refractivity contribution in [3.63, 3.8) is 0 Å². The zero-order valence-electron chi connectivity index (χ0n) is 14.9. The molecular weight excluding hydrogens is 318 g/mol. The van der Waals surface area contributed by atoms with Gasteiger partial charge in [0.05, 0.1) is 5.56 Å². The zero-order chi connectivity index (χ0) is 17.9. The maximum absolute atomic E-state index is 13.2. The Hall–Kier alpha value is -3.13. The van der Waals surface area contributed by atoms with E-state index < -0.39 is 0 Å². The first-order valence-electron chi connectivity index (χ1n) is 8.97. The summed E-state index contributed by atoms with van der Waals surface area (Å²) in [6.07, 6.45) is 0.944. The number of benzene rings is 3. The molecule has 2 nitrogen and oxygen atoms in total. The van der Waals surface area contributed by atoms with Crippen LogP contribution in [0.3, 0.4) is 0 Å². The molecule has 4 rings (SSSR count). The average molecular weight is 339 g/mol. The molecule has 0 N–H and O–H groups in total. The van der Waals surface area contributed by atoms with Crippen LogP contribution in [0.15, 0.2) is 84.9 Å². The smallest absolute Gasteiger partial charge is 0.195 e. The number of fused-ring (bicyclic) bond motifs is 1. The predicted octanol–water partition coefficient (Wildman–Crippen LogP) is 5.42. The first-order valence-corrected chi connectivity index (χ1v) is 8.97. The van der Waals surface area contributed by atoms with Gasteiger partial charge in [-0.25, -0.2) is 0 Å². The molecule has 0 unspecified atom stereocenters. The molecule has 2 heteroatoms. The number of nitrogens with zero attached hydrogens (tertiary/aromatic N) is 1. The summed E-state index contributed by atoms with van der Waals surface area (Å²) in [6, 6.07) is 28.2. The highest BCUT2D eigenvalue weighted by Crippen LogP contribution is 2.28. The minimum Gasteiger partial charge on any atom is -0.344 e. The van der Waals surface area contributed by atoms with Crippen LogP contribution in [0, 0.1) is 6.92 Å². The Bertz CT molecular complexity index is 1050. The van der Waals surface area contributed by atoms with Gasteiger partial charge in [0.1, 0.15) is 0 Å². The first-order chi connectivity index (χ1) is 12.8. The van der Waals surface area contributed by atoms with Gasteiger partial charge in [0, 0.05) is 28.7 Å². The molecule has 128 valence electrons. The number of para-hydroxylation sites is 1. The van der Waals surface area contributed by atoms with Crippen LogP contribution in [0.25, 0.3) is 10.9 Å². The van der Waals surface area contributed by atoms with Gasteiger partial charge in [0.15, 0.2) is 5.78 Å². The van der Waals surface area contributed by atoms with E-state index in [-0.39, 0.29) is 5.78 Å². The Morgan fingerprint density at radius 2 is 1.42 bits per heavy atom. The topological polar surface area (TPSA) is 22.0 Å². The van der Waals surface area contributed by atoms with Crippen LogP contribution in [-0.4, -0.2) is 10.4 Å². The van der Waals surface area contributed by atoms with Crippen LogP contribution in [0.5, 0.6) is 0 Å². The summed E-state index contributed by atoms with van der Waals surface area (Å²) in [4.78, 5) is 13.2. The number of aromatic nitrogens is 1. The summed E-state index contributed by atoms with van der Waals surface area (Å²) < 4.78 is 2.28. The Labute approximate surface area is 153 Å². The molecule has 4 aromatic rings. The van der Waals surface area contributed by atoms with Crippen molar-refractivity contribution in [2.24, 2.45) is 0 Å². The highest BCUT2D eigenvalue weighted by molar-refractivity contribution is 6.17.